The lowest BCUT2D eigenvalue weighted by Crippen LogP contribution is -2.24. The topological polar surface area (TPSA) is 75.4 Å². The van der Waals surface area contributed by atoms with Crippen molar-refractivity contribution in [1.82, 2.24) is 5.32 Å². The van der Waals surface area contributed by atoms with E-state index in [-0.39, 0.29) is 17.7 Å². The van der Waals surface area contributed by atoms with Crippen molar-refractivity contribution in [2.24, 2.45) is 5.73 Å². The number of carbonyl (C=O) groups is 1. The van der Waals surface area contributed by atoms with Crippen LogP contribution in [0.2, 0.25) is 0 Å². The highest BCUT2D eigenvalue weighted by Crippen LogP contribution is 2.23. The van der Waals surface area contributed by atoms with Crippen LogP contribution in [-0.4, -0.2) is 17.6 Å². The molecule has 21 heavy (non-hydrogen) atoms. The third-order valence-electron chi connectivity index (χ3n) is 3.31. The number of nitrogens with one attached hydrogen (secondary N) is 1. The van der Waals surface area contributed by atoms with Gasteiger partial charge >= 0.3 is 0 Å². The van der Waals surface area contributed by atoms with Crippen molar-refractivity contribution in [3.63, 3.8) is 0 Å². The van der Waals surface area contributed by atoms with E-state index in [9.17, 15) is 9.90 Å². The van der Waals surface area contributed by atoms with Crippen LogP contribution in [0.5, 0.6) is 5.75 Å². The Labute approximate surface area is 124 Å². The van der Waals surface area contributed by atoms with Gasteiger partial charge in [-0.15, -0.1) is 0 Å². The van der Waals surface area contributed by atoms with Crippen molar-refractivity contribution < 1.29 is 9.90 Å². The summed E-state index contributed by atoms with van der Waals surface area (Å²) in [7, 11) is 0. The lowest BCUT2D eigenvalue weighted by Gasteiger charge is -2.20. The molecule has 0 fully saturated rings. The highest BCUT2D eigenvalue weighted by molar-refractivity contribution is 5.73. The number of primary amides is 1. The molecule has 0 aliphatic heterocycles. The van der Waals surface area contributed by atoms with Gasteiger partial charge in [-0.3, -0.25) is 4.79 Å². The zero-order valence-corrected chi connectivity index (χ0v) is 11.8. The number of phenols is 1. The number of hydrogen-bond acceptors (Lipinski definition) is 3. The highest BCUT2D eigenvalue weighted by atomic mass is 16.3. The molecule has 1 amide bonds. The fraction of sp³-hybridized carbons (Fsp3) is 0.235. The van der Waals surface area contributed by atoms with E-state index in [2.05, 4.69) is 17.4 Å². The molecule has 1 atom stereocenters. The number of carbonyl (C=O) groups excluding carboxylic acids is 1. The fourth-order valence-corrected chi connectivity index (χ4v) is 2.25. The van der Waals surface area contributed by atoms with Crippen molar-refractivity contribution in [3.05, 3.63) is 65.7 Å². The Kier molecular flexibility index (Phi) is 5.35. The van der Waals surface area contributed by atoms with Gasteiger partial charge < -0.3 is 16.2 Å². The van der Waals surface area contributed by atoms with Gasteiger partial charge in [0.05, 0.1) is 6.04 Å². The molecule has 4 nitrogen and oxygen atoms in total. The maximum absolute atomic E-state index is 10.8. The largest absolute Gasteiger partial charge is 0.508 e. The number of amides is 1. The SMILES string of the molecule is NC(=O)CCCNC(c1ccccc1)c1ccc(O)cc1. The first-order chi connectivity index (χ1) is 10.2. The lowest BCUT2D eigenvalue weighted by atomic mass is 9.98. The molecule has 110 valence electrons. The van der Waals surface area contributed by atoms with Crippen molar-refractivity contribution in [2.75, 3.05) is 6.54 Å². The number of nitrogens with two attached hydrogens (primary N) is 1. The van der Waals surface area contributed by atoms with Crippen molar-refractivity contribution in [3.8, 4) is 5.75 Å². The number of aromatic hydroxyl groups is 1. The smallest absolute Gasteiger partial charge is 0.217 e. The van der Waals surface area contributed by atoms with Gasteiger partial charge in [0.2, 0.25) is 5.91 Å². The summed E-state index contributed by atoms with van der Waals surface area (Å²) < 4.78 is 0. The van der Waals surface area contributed by atoms with Gasteiger partial charge in [0.25, 0.3) is 0 Å². The van der Waals surface area contributed by atoms with Crippen LogP contribution in [-0.2, 0) is 4.79 Å². The van der Waals surface area contributed by atoms with Crippen LogP contribution < -0.4 is 11.1 Å². The molecule has 0 heterocycles. The third kappa shape index (κ3) is 4.61. The highest BCUT2D eigenvalue weighted by Gasteiger charge is 2.13. The van der Waals surface area contributed by atoms with Crippen LogP contribution in [0, 0.1) is 0 Å². The van der Waals surface area contributed by atoms with E-state index in [1.165, 1.54) is 0 Å². The lowest BCUT2D eigenvalue weighted by molar-refractivity contribution is -0.118. The first-order valence-corrected chi connectivity index (χ1v) is 7.02. The Bertz CT molecular complexity index is 567. The Morgan fingerprint density at radius 3 is 2.29 bits per heavy atom. The van der Waals surface area contributed by atoms with E-state index in [0.717, 1.165) is 11.1 Å². The molecule has 0 saturated heterocycles. The van der Waals surface area contributed by atoms with Crippen molar-refractivity contribution in [1.29, 1.82) is 0 Å². The van der Waals surface area contributed by atoms with Gasteiger partial charge in [0, 0.05) is 6.42 Å². The summed E-state index contributed by atoms with van der Waals surface area (Å²) >= 11 is 0. The Morgan fingerprint density at radius 1 is 1.05 bits per heavy atom. The molecule has 1 unspecified atom stereocenters. The number of phenolic OH excluding ortho intramolecular Hbond substituents is 1. The standard InChI is InChI=1S/C17H20N2O2/c18-16(21)7-4-12-19-17(13-5-2-1-3-6-13)14-8-10-15(20)11-9-14/h1-3,5-6,8-11,17,19-20H,4,7,12H2,(H2,18,21). The van der Waals surface area contributed by atoms with Gasteiger partial charge in [0.1, 0.15) is 5.75 Å². The minimum Gasteiger partial charge on any atom is -0.508 e. The Balaban J connectivity index is 2.11. The first-order valence-electron chi connectivity index (χ1n) is 7.02. The average molecular weight is 284 g/mol. The van der Waals surface area contributed by atoms with Crippen LogP contribution in [0.3, 0.4) is 0 Å². The quantitative estimate of drug-likeness (QED) is 0.683. The first kappa shape index (κ1) is 15.1. The van der Waals surface area contributed by atoms with Gasteiger partial charge in [-0.05, 0) is 36.2 Å². The minimum absolute atomic E-state index is 0.0275. The summed E-state index contributed by atoms with van der Waals surface area (Å²) in [6.07, 6.45) is 1.08. The molecule has 0 radical (unpaired) electrons. The summed E-state index contributed by atoms with van der Waals surface area (Å²) in [6.45, 7) is 0.698. The molecule has 2 aromatic rings. The van der Waals surface area contributed by atoms with Gasteiger partial charge in [-0.2, -0.15) is 0 Å². The van der Waals surface area contributed by atoms with Crippen LogP contribution in [0.4, 0.5) is 0 Å². The van der Waals surface area contributed by atoms with Gasteiger partial charge in [-0.1, -0.05) is 42.5 Å². The second kappa shape index (κ2) is 7.45. The van der Waals surface area contributed by atoms with E-state index in [1.54, 1.807) is 12.1 Å². The molecule has 2 rings (SSSR count). The van der Waals surface area contributed by atoms with Crippen molar-refractivity contribution >= 4 is 5.91 Å². The molecular weight excluding hydrogens is 264 g/mol. The molecule has 4 heteroatoms. The predicted molar refractivity (Wildman–Crippen MR) is 82.8 cm³/mol. The zero-order valence-electron chi connectivity index (χ0n) is 11.8. The second-order valence-corrected chi connectivity index (χ2v) is 4.96. The van der Waals surface area contributed by atoms with Crippen LogP contribution in [0.1, 0.15) is 30.0 Å². The molecule has 0 aromatic heterocycles. The summed E-state index contributed by atoms with van der Waals surface area (Å²) in [5.41, 5.74) is 7.36. The van der Waals surface area contributed by atoms with E-state index in [0.29, 0.717) is 19.4 Å². The molecule has 0 spiro atoms. The molecule has 4 N–H and O–H groups in total. The molecule has 0 bridgehead atoms. The van der Waals surface area contributed by atoms with E-state index < -0.39 is 0 Å². The van der Waals surface area contributed by atoms with E-state index in [4.69, 9.17) is 5.73 Å². The molecule has 0 aliphatic rings. The average Bonchev–Trinajstić information content (AvgIpc) is 2.49. The summed E-state index contributed by atoms with van der Waals surface area (Å²) in [5, 5.41) is 12.9. The van der Waals surface area contributed by atoms with Crippen molar-refractivity contribution in [2.45, 2.75) is 18.9 Å². The Morgan fingerprint density at radius 2 is 1.67 bits per heavy atom. The fourth-order valence-electron chi connectivity index (χ4n) is 2.25. The third-order valence-corrected chi connectivity index (χ3v) is 3.31. The molecule has 2 aromatic carbocycles. The van der Waals surface area contributed by atoms with Crippen LogP contribution in [0.15, 0.2) is 54.6 Å². The molecular formula is C17H20N2O2. The zero-order chi connectivity index (χ0) is 15.1. The van der Waals surface area contributed by atoms with E-state index in [1.807, 2.05) is 30.3 Å². The molecule has 0 aliphatic carbocycles. The van der Waals surface area contributed by atoms with Gasteiger partial charge in [-0.25, -0.2) is 0 Å². The minimum atomic E-state index is -0.280. The molecule has 0 saturated carbocycles. The summed E-state index contributed by atoms with van der Waals surface area (Å²) in [6, 6.07) is 17.2. The summed E-state index contributed by atoms with van der Waals surface area (Å²) in [4.78, 5) is 10.8. The maximum atomic E-state index is 10.8. The Hall–Kier alpha value is -2.33. The number of rotatable bonds is 7. The number of hydrogen-bond donors (Lipinski definition) is 3. The predicted octanol–water partition coefficient (Wildman–Crippen LogP) is 2.34. The summed E-state index contributed by atoms with van der Waals surface area (Å²) in [5.74, 6) is -0.0306. The second-order valence-electron chi connectivity index (χ2n) is 4.96. The van der Waals surface area contributed by atoms with Crippen LogP contribution in [0.25, 0.3) is 0 Å². The monoisotopic (exact) mass is 284 g/mol. The van der Waals surface area contributed by atoms with Crippen LogP contribution >= 0.6 is 0 Å². The van der Waals surface area contributed by atoms with Gasteiger partial charge in [0.15, 0.2) is 0 Å². The normalized spacial score (nSPS) is 12.0. The van der Waals surface area contributed by atoms with E-state index >= 15 is 0 Å². The maximum Gasteiger partial charge on any atom is 0.217 e. The number of benzene rings is 2.